The van der Waals surface area contributed by atoms with E-state index in [0.29, 0.717) is 18.5 Å². The third kappa shape index (κ3) is 2.72. The summed E-state index contributed by atoms with van der Waals surface area (Å²) in [5.41, 5.74) is 5.05. The van der Waals surface area contributed by atoms with Crippen LogP contribution in [0.15, 0.2) is 23.8 Å². The van der Waals surface area contributed by atoms with Crippen LogP contribution >= 0.6 is 0 Å². The molecule has 0 saturated heterocycles. The van der Waals surface area contributed by atoms with E-state index in [1.165, 1.54) is 0 Å². The molecule has 0 bridgehead atoms. The zero-order valence-electron chi connectivity index (χ0n) is 9.75. The van der Waals surface area contributed by atoms with Crippen molar-refractivity contribution in [2.45, 2.75) is 26.7 Å². The van der Waals surface area contributed by atoms with Gasteiger partial charge in [-0.3, -0.25) is 9.59 Å². The van der Waals surface area contributed by atoms with Crippen molar-refractivity contribution in [2.24, 2.45) is 11.1 Å². The molecule has 0 fully saturated rings. The molecule has 1 unspecified atom stereocenters. The van der Waals surface area contributed by atoms with Gasteiger partial charge in [0.05, 0.1) is 5.41 Å². The zero-order chi connectivity index (χ0) is 12.2. The summed E-state index contributed by atoms with van der Waals surface area (Å²) in [7, 11) is 0. The Morgan fingerprint density at radius 2 is 2.25 bits per heavy atom. The van der Waals surface area contributed by atoms with E-state index in [0.717, 1.165) is 6.42 Å². The summed E-state index contributed by atoms with van der Waals surface area (Å²) in [6.07, 6.45) is 6.45. The summed E-state index contributed by atoms with van der Waals surface area (Å²) in [4.78, 5) is 23.0. The summed E-state index contributed by atoms with van der Waals surface area (Å²) < 4.78 is 0. The predicted molar refractivity (Wildman–Crippen MR) is 62.4 cm³/mol. The Bertz CT molecular complexity index is 358. The van der Waals surface area contributed by atoms with Crippen molar-refractivity contribution in [1.82, 2.24) is 5.32 Å². The fourth-order valence-electron chi connectivity index (χ4n) is 1.66. The molecule has 16 heavy (non-hydrogen) atoms. The van der Waals surface area contributed by atoms with Gasteiger partial charge in [-0.25, -0.2) is 0 Å². The van der Waals surface area contributed by atoms with Crippen molar-refractivity contribution in [2.75, 3.05) is 6.54 Å². The van der Waals surface area contributed by atoms with E-state index >= 15 is 0 Å². The van der Waals surface area contributed by atoms with Crippen molar-refractivity contribution in [1.29, 1.82) is 0 Å². The Hall–Kier alpha value is -1.58. The van der Waals surface area contributed by atoms with Crippen molar-refractivity contribution in [3.8, 4) is 0 Å². The third-order valence-corrected chi connectivity index (χ3v) is 2.69. The Morgan fingerprint density at radius 3 is 2.81 bits per heavy atom. The standard InChI is InChI=1S/C12H18N2O2/c1-3-7-14-11(16)12(2)6-4-5-9(8-12)10(13)15/h4-6H,3,7-8H2,1-2H3,(H2,13,15)(H,14,16). The Balaban J connectivity index is 2.74. The highest BCUT2D eigenvalue weighted by Gasteiger charge is 2.33. The van der Waals surface area contributed by atoms with Gasteiger partial charge < -0.3 is 11.1 Å². The molecule has 1 aliphatic carbocycles. The first-order valence-electron chi connectivity index (χ1n) is 5.46. The van der Waals surface area contributed by atoms with Crippen LogP contribution in [0.2, 0.25) is 0 Å². The van der Waals surface area contributed by atoms with Crippen LogP contribution in [0.1, 0.15) is 26.7 Å². The zero-order valence-corrected chi connectivity index (χ0v) is 9.75. The number of carbonyl (C=O) groups excluding carboxylic acids is 2. The van der Waals surface area contributed by atoms with Crippen LogP contribution in [0, 0.1) is 5.41 Å². The van der Waals surface area contributed by atoms with E-state index in [-0.39, 0.29) is 5.91 Å². The molecule has 0 aromatic carbocycles. The number of hydrogen-bond donors (Lipinski definition) is 2. The second-order valence-corrected chi connectivity index (χ2v) is 4.27. The number of primary amides is 1. The van der Waals surface area contributed by atoms with Gasteiger partial charge in [-0.15, -0.1) is 0 Å². The lowest BCUT2D eigenvalue weighted by atomic mass is 9.79. The van der Waals surface area contributed by atoms with E-state index in [1.54, 1.807) is 12.2 Å². The molecule has 0 heterocycles. The molecule has 1 aliphatic rings. The minimum atomic E-state index is -0.658. The van der Waals surface area contributed by atoms with Crippen LogP contribution in [0.4, 0.5) is 0 Å². The fourth-order valence-corrected chi connectivity index (χ4v) is 1.66. The first-order valence-corrected chi connectivity index (χ1v) is 5.46. The van der Waals surface area contributed by atoms with Gasteiger partial charge in [-0.1, -0.05) is 25.2 Å². The number of allylic oxidation sites excluding steroid dienone is 2. The van der Waals surface area contributed by atoms with Gasteiger partial charge in [-0.05, 0) is 19.8 Å². The number of nitrogens with one attached hydrogen (secondary N) is 1. The van der Waals surface area contributed by atoms with E-state index in [9.17, 15) is 9.59 Å². The van der Waals surface area contributed by atoms with Crippen LogP contribution in [-0.2, 0) is 9.59 Å². The molecule has 0 spiro atoms. The first-order chi connectivity index (χ1) is 7.49. The maximum atomic E-state index is 11.9. The van der Waals surface area contributed by atoms with E-state index < -0.39 is 11.3 Å². The normalized spacial score (nSPS) is 23.8. The molecule has 2 amide bonds. The number of hydrogen-bond acceptors (Lipinski definition) is 2. The van der Waals surface area contributed by atoms with Gasteiger partial charge >= 0.3 is 0 Å². The van der Waals surface area contributed by atoms with E-state index in [2.05, 4.69) is 5.32 Å². The molecule has 0 radical (unpaired) electrons. The van der Waals surface area contributed by atoms with Gasteiger partial charge in [0, 0.05) is 12.1 Å². The molecule has 0 aromatic rings. The second kappa shape index (κ2) is 4.96. The van der Waals surface area contributed by atoms with Crippen LogP contribution in [-0.4, -0.2) is 18.4 Å². The molecule has 1 rings (SSSR count). The number of rotatable bonds is 4. The molecular formula is C12H18N2O2. The molecule has 4 heteroatoms. The van der Waals surface area contributed by atoms with Crippen molar-refractivity contribution >= 4 is 11.8 Å². The van der Waals surface area contributed by atoms with Crippen molar-refractivity contribution in [3.63, 3.8) is 0 Å². The first kappa shape index (κ1) is 12.5. The lowest BCUT2D eigenvalue weighted by molar-refractivity contribution is -0.128. The van der Waals surface area contributed by atoms with Gasteiger partial charge in [0.25, 0.3) is 0 Å². The highest BCUT2D eigenvalue weighted by Crippen LogP contribution is 2.31. The lowest BCUT2D eigenvalue weighted by Crippen LogP contribution is -2.40. The van der Waals surface area contributed by atoms with Crippen molar-refractivity contribution < 1.29 is 9.59 Å². The molecule has 88 valence electrons. The van der Waals surface area contributed by atoms with Crippen LogP contribution in [0.25, 0.3) is 0 Å². The monoisotopic (exact) mass is 222 g/mol. The molecule has 0 aromatic heterocycles. The molecular weight excluding hydrogens is 204 g/mol. The highest BCUT2D eigenvalue weighted by molar-refractivity contribution is 5.95. The Labute approximate surface area is 95.6 Å². The third-order valence-electron chi connectivity index (χ3n) is 2.69. The summed E-state index contributed by atoms with van der Waals surface area (Å²) in [5, 5.41) is 2.83. The largest absolute Gasteiger partial charge is 0.366 e. The average Bonchev–Trinajstić information content (AvgIpc) is 2.25. The van der Waals surface area contributed by atoms with E-state index in [1.807, 2.05) is 19.9 Å². The van der Waals surface area contributed by atoms with Crippen LogP contribution < -0.4 is 11.1 Å². The minimum absolute atomic E-state index is 0.0579. The molecule has 1 atom stereocenters. The predicted octanol–water partition coefficient (Wildman–Crippen LogP) is 0.890. The maximum absolute atomic E-state index is 11.9. The van der Waals surface area contributed by atoms with Gasteiger partial charge in [-0.2, -0.15) is 0 Å². The number of carbonyl (C=O) groups is 2. The number of nitrogens with two attached hydrogens (primary N) is 1. The summed E-state index contributed by atoms with van der Waals surface area (Å²) >= 11 is 0. The van der Waals surface area contributed by atoms with Crippen LogP contribution in [0.5, 0.6) is 0 Å². The van der Waals surface area contributed by atoms with Crippen LogP contribution in [0.3, 0.4) is 0 Å². The fraction of sp³-hybridized carbons (Fsp3) is 0.500. The lowest BCUT2D eigenvalue weighted by Gasteiger charge is -2.27. The summed E-state index contributed by atoms with van der Waals surface area (Å²) in [6, 6.07) is 0. The summed E-state index contributed by atoms with van der Waals surface area (Å²) in [6.45, 7) is 4.45. The molecule has 0 saturated carbocycles. The average molecular weight is 222 g/mol. The summed E-state index contributed by atoms with van der Waals surface area (Å²) in [5.74, 6) is -0.517. The minimum Gasteiger partial charge on any atom is -0.366 e. The molecule has 4 nitrogen and oxygen atoms in total. The van der Waals surface area contributed by atoms with Gasteiger partial charge in [0.1, 0.15) is 0 Å². The molecule has 3 N–H and O–H groups in total. The van der Waals surface area contributed by atoms with Gasteiger partial charge in [0.2, 0.25) is 11.8 Å². The smallest absolute Gasteiger partial charge is 0.244 e. The Morgan fingerprint density at radius 1 is 1.56 bits per heavy atom. The second-order valence-electron chi connectivity index (χ2n) is 4.27. The Kier molecular flexibility index (Phi) is 3.88. The van der Waals surface area contributed by atoms with Gasteiger partial charge in [0.15, 0.2) is 0 Å². The number of amides is 2. The molecule has 0 aliphatic heterocycles. The maximum Gasteiger partial charge on any atom is 0.244 e. The topological polar surface area (TPSA) is 72.2 Å². The highest BCUT2D eigenvalue weighted by atomic mass is 16.2. The van der Waals surface area contributed by atoms with Crippen molar-refractivity contribution in [3.05, 3.63) is 23.8 Å². The SMILES string of the molecule is CCCNC(=O)C1(C)C=CC=C(C(N)=O)C1. The van der Waals surface area contributed by atoms with E-state index in [4.69, 9.17) is 5.73 Å². The quantitative estimate of drug-likeness (QED) is 0.741.